The number of hydrogen-bond donors (Lipinski definition) is 3. The van der Waals surface area contributed by atoms with Crippen LogP contribution in [0.4, 0.5) is 0 Å². The Bertz CT molecular complexity index is 129. The molecule has 0 aliphatic carbocycles. The summed E-state index contributed by atoms with van der Waals surface area (Å²) in [5.74, 6) is 0. The summed E-state index contributed by atoms with van der Waals surface area (Å²) in [5.41, 5.74) is 0. The van der Waals surface area contributed by atoms with E-state index in [1.807, 2.05) is 22.6 Å². The fraction of sp³-hybridized carbons (Fsp3) is 1.00. The van der Waals surface area contributed by atoms with Gasteiger partial charge in [-0.2, -0.15) is 0 Å². The molecule has 3 unspecified atom stereocenters. The van der Waals surface area contributed by atoms with Crippen LogP contribution in [0, 0.1) is 0 Å². The molecule has 66 valence electrons. The van der Waals surface area contributed by atoms with Crippen molar-refractivity contribution in [2.75, 3.05) is 0 Å². The van der Waals surface area contributed by atoms with Gasteiger partial charge < -0.3 is 20.1 Å². The molecule has 4 nitrogen and oxygen atoms in total. The van der Waals surface area contributed by atoms with Crippen molar-refractivity contribution in [2.45, 2.75) is 35.5 Å². The van der Waals surface area contributed by atoms with Gasteiger partial charge in [0.05, 0.1) is 6.10 Å². The molecular weight excluding hydrogens is 263 g/mol. The number of aliphatic hydroxyl groups is 3. The lowest BCUT2D eigenvalue weighted by Crippen LogP contribution is -2.54. The highest BCUT2D eigenvalue weighted by molar-refractivity contribution is 14.1. The first kappa shape index (κ1) is 9.66. The molecule has 0 bridgehead atoms. The molecule has 3 N–H and O–H groups in total. The van der Waals surface area contributed by atoms with Crippen molar-refractivity contribution < 1.29 is 20.1 Å². The topological polar surface area (TPSA) is 69.9 Å². The predicted octanol–water partition coefficient (Wildman–Crippen LogP) is -0.751. The molecule has 5 heteroatoms. The first-order valence-corrected chi connectivity index (χ1v) is 4.62. The zero-order valence-corrected chi connectivity index (χ0v) is 8.17. The van der Waals surface area contributed by atoms with Gasteiger partial charge >= 0.3 is 0 Å². The second-order valence-electron chi connectivity index (χ2n) is 2.66. The number of aliphatic hydroxyl groups excluding tert-OH is 3. The molecule has 1 aliphatic rings. The van der Waals surface area contributed by atoms with Gasteiger partial charge in [-0.3, -0.25) is 0 Å². The van der Waals surface area contributed by atoms with Gasteiger partial charge in [-0.1, -0.05) is 0 Å². The number of hydrogen-bond acceptors (Lipinski definition) is 4. The Hall–Kier alpha value is 0.570. The predicted molar refractivity (Wildman–Crippen MR) is 46.4 cm³/mol. The molecule has 0 spiro atoms. The van der Waals surface area contributed by atoms with E-state index in [0.29, 0.717) is 0 Å². The third-order valence-corrected chi connectivity index (χ3v) is 2.82. The van der Waals surface area contributed by atoms with E-state index >= 15 is 0 Å². The van der Waals surface area contributed by atoms with Crippen molar-refractivity contribution in [3.05, 3.63) is 0 Å². The monoisotopic (exact) mass is 274 g/mol. The van der Waals surface area contributed by atoms with Crippen LogP contribution in [0.2, 0.25) is 0 Å². The smallest absolute Gasteiger partial charge is 0.137 e. The maximum atomic E-state index is 9.20. The second kappa shape index (κ2) is 3.53. The summed E-state index contributed by atoms with van der Waals surface area (Å²) in [4.78, 5) is 0. The highest BCUT2D eigenvalue weighted by Gasteiger charge is 2.40. The Morgan fingerprint density at radius 1 is 1.09 bits per heavy atom. The van der Waals surface area contributed by atoms with Crippen LogP contribution < -0.4 is 0 Å². The molecule has 1 fully saturated rings. The summed E-state index contributed by atoms with van der Waals surface area (Å²) in [5, 5.41) is 27.6. The molecule has 1 heterocycles. The SMILES string of the molecule is CC1O[C@@H](I)C(O)C(O)[C@@H]1O. The van der Waals surface area contributed by atoms with Crippen molar-refractivity contribution in [2.24, 2.45) is 0 Å². The molecular formula is C6H11IO4. The van der Waals surface area contributed by atoms with E-state index in [2.05, 4.69) is 0 Å². The molecule has 0 aromatic rings. The Kier molecular flexibility index (Phi) is 3.10. The summed E-state index contributed by atoms with van der Waals surface area (Å²) in [6.45, 7) is 1.66. The average Bonchev–Trinajstić information content (AvgIpc) is 1.97. The van der Waals surface area contributed by atoms with Crippen LogP contribution in [0.25, 0.3) is 0 Å². The van der Waals surface area contributed by atoms with Crippen LogP contribution in [0.3, 0.4) is 0 Å². The third kappa shape index (κ3) is 1.83. The summed E-state index contributed by atoms with van der Waals surface area (Å²) in [7, 11) is 0. The van der Waals surface area contributed by atoms with Crippen LogP contribution >= 0.6 is 22.6 Å². The first-order valence-electron chi connectivity index (χ1n) is 3.37. The maximum absolute atomic E-state index is 9.20. The Morgan fingerprint density at radius 3 is 2.18 bits per heavy atom. The zero-order valence-electron chi connectivity index (χ0n) is 6.01. The molecule has 5 atom stereocenters. The summed E-state index contributed by atoms with van der Waals surface area (Å²) in [6, 6.07) is 0. The normalized spacial score (nSPS) is 52.6. The summed E-state index contributed by atoms with van der Waals surface area (Å²) in [6.07, 6.45) is -3.51. The standard InChI is InChI=1S/C6H11IO4/c1-2-3(8)4(9)5(10)6(7)11-2/h2-6,8-10H,1H3/t2?,3-,4?,5?,6-/m1/s1. The summed E-state index contributed by atoms with van der Waals surface area (Å²) < 4.78 is 4.66. The van der Waals surface area contributed by atoms with E-state index < -0.39 is 28.5 Å². The van der Waals surface area contributed by atoms with Gasteiger partial charge in [0.15, 0.2) is 0 Å². The van der Waals surface area contributed by atoms with Crippen LogP contribution in [0.5, 0.6) is 0 Å². The van der Waals surface area contributed by atoms with Crippen molar-refractivity contribution >= 4 is 22.6 Å². The fourth-order valence-corrected chi connectivity index (χ4v) is 1.89. The van der Waals surface area contributed by atoms with Crippen LogP contribution in [-0.4, -0.2) is 43.8 Å². The molecule has 0 saturated carbocycles. The van der Waals surface area contributed by atoms with Crippen LogP contribution in [0.15, 0.2) is 0 Å². The van der Waals surface area contributed by atoms with E-state index in [-0.39, 0.29) is 0 Å². The van der Waals surface area contributed by atoms with E-state index in [1.54, 1.807) is 6.92 Å². The van der Waals surface area contributed by atoms with Gasteiger partial charge in [-0.05, 0) is 29.5 Å². The van der Waals surface area contributed by atoms with E-state index in [4.69, 9.17) is 4.74 Å². The largest absolute Gasteiger partial charge is 0.388 e. The molecule has 1 rings (SSSR count). The van der Waals surface area contributed by atoms with Gasteiger partial charge in [0, 0.05) is 0 Å². The fourth-order valence-electron chi connectivity index (χ4n) is 1.00. The third-order valence-electron chi connectivity index (χ3n) is 1.79. The lowest BCUT2D eigenvalue weighted by Gasteiger charge is -2.36. The number of alkyl halides is 1. The Balaban J connectivity index is 2.63. The summed E-state index contributed by atoms with van der Waals surface area (Å²) >= 11 is 1.88. The van der Waals surface area contributed by atoms with E-state index in [9.17, 15) is 15.3 Å². The maximum Gasteiger partial charge on any atom is 0.137 e. The van der Waals surface area contributed by atoms with Gasteiger partial charge in [0.2, 0.25) is 0 Å². The number of ether oxygens (including phenoxy) is 1. The highest BCUT2D eigenvalue weighted by Crippen LogP contribution is 2.24. The van der Waals surface area contributed by atoms with Crippen LogP contribution in [-0.2, 0) is 4.74 Å². The van der Waals surface area contributed by atoms with Crippen LogP contribution in [0.1, 0.15) is 6.92 Å². The van der Waals surface area contributed by atoms with Crippen molar-refractivity contribution in [1.82, 2.24) is 0 Å². The highest BCUT2D eigenvalue weighted by atomic mass is 127. The Morgan fingerprint density at radius 2 is 1.64 bits per heavy atom. The van der Waals surface area contributed by atoms with Gasteiger partial charge in [-0.25, -0.2) is 0 Å². The molecule has 1 aliphatic heterocycles. The minimum atomic E-state index is -1.10. The second-order valence-corrected chi connectivity index (χ2v) is 3.89. The Labute approximate surface area is 78.3 Å². The van der Waals surface area contributed by atoms with E-state index in [0.717, 1.165) is 0 Å². The molecule has 1 saturated heterocycles. The molecule has 0 radical (unpaired) electrons. The zero-order chi connectivity index (χ0) is 8.59. The number of rotatable bonds is 0. The van der Waals surface area contributed by atoms with Crippen molar-refractivity contribution in [3.8, 4) is 0 Å². The lowest BCUT2D eigenvalue weighted by atomic mass is 10.0. The molecule has 0 amide bonds. The van der Waals surface area contributed by atoms with Crippen molar-refractivity contribution in [3.63, 3.8) is 0 Å². The van der Waals surface area contributed by atoms with Crippen molar-refractivity contribution in [1.29, 1.82) is 0 Å². The quantitative estimate of drug-likeness (QED) is 0.401. The van der Waals surface area contributed by atoms with E-state index in [1.165, 1.54) is 0 Å². The van der Waals surface area contributed by atoms with Gasteiger partial charge in [0.25, 0.3) is 0 Å². The lowest BCUT2D eigenvalue weighted by molar-refractivity contribution is -0.187. The minimum Gasteiger partial charge on any atom is -0.388 e. The van der Waals surface area contributed by atoms with Gasteiger partial charge in [-0.15, -0.1) is 0 Å². The minimum absolute atomic E-state index is 0.421. The molecule has 0 aromatic heterocycles. The average molecular weight is 274 g/mol. The molecule has 11 heavy (non-hydrogen) atoms. The first-order chi connectivity index (χ1) is 5.04. The van der Waals surface area contributed by atoms with Gasteiger partial charge in [0.1, 0.15) is 22.4 Å². The molecule has 0 aromatic carbocycles. The number of halogens is 1.